The van der Waals surface area contributed by atoms with E-state index in [1.54, 1.807) is 4.90 Å². The number of aryl methyl sites for hydroxylation is 1. The largest absolute Gasteiger partial charge is 0.474 e. The number of amides is 4. The summed E-state index contributed by atoms with van der Waals surface area (Å²) in [5.41, 5.74) is 8.41. The van der Waals surface area contributed by atoms with Crippen LogP contribution in [0, 0.1) is 6.92 Å². The first-order chi connectivity index (χ1) is 31.7. The number of benzene rings is 2. The van der Waals surface area contributed by atoms with E-state index in [0.717, 1.165) is 95.2 Å². The summed E-state index contributed by atoms with van der Waals surface area (Å²) in [6, 6.07) is 14.6. The number of ether oxygens (including phenoxy) is 2. The Morgan fingerprint density at radius 1 is 0.939 bits per heavy atom. The van der Waals surface area contributed by atoms with Crippen LogP contribution in [-0.2, 0) is 45.6 Å². The van der Waals surface area contributed by atoms with Gasteiger partial charge in [0.1, 0.15) is 17.9 Å². The second kappa shape index (κ2) is 17.2. The fourth-order valence-electron chi connectivity index (χ4n) is 9.75. The van der Waals surface area contributed by atoms with Crippen molar-refractivity contribution in [2.75, 3.05) is 79.0 Å². The lowest BCUT2D eigenvalue weighted by Crippen LogP contribution is -2.63. The first kappa shape index (κ1) is 43.1. The van der Waals surface area contributed by atoms with E-state index in [1.165, 1.54) is 0 Å². The number of hydrogen-bond acceptors (Lipinski definition) is 14. The van der Waals surface area contributed by atoms with E-state index >= 15 is 0 Å². The molecule has 8 heterocycles. The van der Waals surface area contributed by atoms with Gasteiger partial charge in [0.15, 0.2) is 0 Å². The number of aromatic nitrogens is 5. The molecule has 18 heteroatoms. The molecular formula is C48H56N12O6. The molecule has 3 aromatic heterocycles. The minimum absolute atomic E-state index is 0.128. The van der Waals surface area contributed by atoms with Crippen LogP contribution in [0.4, 0.5) is 33.5 Å². The number of anilines is 5. The van der Waals surface area contributed by atoms with Crippen LogP contribution in [0.3, 0.4) is 0 Å². The number of fused-ring (bicyclic) bond motifs is 3. The molecule has 344 valence electrons. The van der Waals surface area contributed by atoms with Crippen LogP contribution in [-0.4, -0.2) is 129 Å². The molecule has 5 aromatic rings. The molecule has 5 aliphatic rings. The first-order valence-corrected chi connectivity index (χ1v) is 22.9. The zero-order valence-electron chi connectivity index (χ0n) is 38.2. The highest BCUT2D eigenvalue weighted by atomic mass is 16.6. The highest BCUT2D eigenvalue weighted by molar-refractivity contribution is 6.02. The molecule has 2 N–H and O–H groups in total. The number of piperazine rings is 1. The third kappa shape index (κ3) is 8.56. The number of pyridine rings is 1. The predicted octanol–water partition coefficient (Wildman–Crippen LogP) is 4.60. The van der Waals surface area contributed by atoms with Crippen molar-refractivity contribution in [2.45, 2.75) is 77.5 Å². The number of carbonyl (C=O) groups is 4. The van der Waals surface area contributed by atoms with Crippen LogP contribution in [0.25, 0.3) is 10.9 Å². The summed E-state index contributed by atoms with van der Waals surface area (Å²) in [6.07, 6.45) is 5.17. The maximum Gasteiger partial charge on any atom is 0.415 e. The Morgan fingerprint density at radius 2 is 1.73 bits per heavy atom. The number of rotatable bonds is 8. The molecule has 2 aromatic carbocycles. The molecular weight excluding hydrogens is 841 g/mol. The van der Waals surface area contributed by atoms with Gasteiger partial charge in [-0.2, -0.15) is 5.10 Å². The molecule has 1 unspecified atom stereocenters. The molecule has 3 saturated heterocycles. The number of hydrogen-bond donors (Lipinski definition) is 2. The Labute approximate surface area is 383 Å². The van der Waals surface area contributed by atoms with Gasteiger partial charge in [0, 0.05) is 93.8 Å². The molecule has 5 aliphatic heterocycles. The molecule has 1 atom stereocenters. The molecule has 0 bridgehead atoms. The lowest BCUT2D eigenvalue weighted by molar-refractivity contribution is -0.134. The minimum atomic E-state index is -0.630. The van der Waals surface area contributed by atoms with Gasteiger partial charge in [-0.1, -0.05) is 12.1 Å². The van der Waals surface area contributed by atoms with Crippen LogP contribution in [0.15, 0.2) is 54.9 Å². The maximum absolute atomic E-state index is 13.4. The molecule has 3 fully saturated rings. The van der Waals surface area contributed by atoms with E-state index in [2.05, 4.69) is 47.4 Å². The van der Waals surface area contributed by atoms with Crippen LogP contribution < -0.4 is 30.1 Å². The first-order valence-electron chi connectivity index (χ1n) is 22.9. The third-order valence-corrected chi connectivity index (χ3v) is 13.4. The smallest absolute Gasteiger partial charge is 0.415 e. The Bertz CT molecular complexity index is 2720. The Hall–Kier alpha value is -6.82. The van der Waals surface area contributed by atoms with Crippen molar-refractivity contribution in [2.24, 2.45) is 7.05 Å². The van der Waals surface area contributed by atoms with Gasteiger partial charge < -0.3 is 29.5 Å². The van der Waals surface area contributed by atoms with E-state index in [0.29, 0.717) is 75.6 Å². The summed E-state index contributed by atoms with van der Waals surface area (Å²) >= 11 is 0. The summed E-state index contributed by atoms with van der Waals surface area (Å²) in [5, 5.41) is 11.4. The predicted molar refractivity (Wildman–Crippen MR) is 248 cm³/mol. The molecule has 66 heavy (non-hydrogen) atoms. The SMILES string of the molecule is Cc1c(N2CCc3cnc(Nc4ccc(CC(=O)N5CCN(C6CN(c7ccc8c(C9CCC(=O)NC9=O)nn(C)c8c7)C6)CC5)cc4)nc3C2)cnc2c1N(C(=O)OC(C)(C)C)CCO2. The second-order valence-corrected chi connectivity index (χ2v) is 18.9. The van der Waals surface area contributed by atoms with E-state index < -0.39 is 17.6 Å². The number of piperidine rings is 1. The van der Waals surface area contributed by atoms with E-state index in [9.17, 15) is 19.2 Å². The van der Waals surface area contributed by atoms with Gasteiger partial charge >= 0.3 is 6.09 Å². The number of carbonyl (C=O) groups excluding carboxylic acids is 4. The van der Waals surface area contributed by atoms with Crippen LogP contribution in [0.5, 0.6) is 5.88 Å². The maximum atomic E-state index is 13.4. The minimum Gasteiger partial charge on any atom is -0.474 e. The van der Waals surface area contributed by atoms with Gasteiger partial charge in [0.05, 0.1) is 54.2 Å². The van der Waals surface area contributed by atoms with Gasteiger partial charge in [-0.3, -0.25) is 34.2 Å². The van der Waals surface area contributed by atoms with Gasteiger partial charge in [0.2, 0.25) is 29.5 Å². The number of nitrogens with zero attached hydrogens (tertiary/aromatic N) is 10. The molecule has 10 rings (SSSR count). The molecule has 0 spiro atoms. The number of imide groups is 1. The quantitative estimate of drug-likeness (QED) is 0.206. The summed E-state index contributed by atoms with van der Waals surface area (Å²) in [7, 11) is 1.90. The monoisotopic (exact) mass is 896 g/mol. The highest BCUT2D eigenvalue weighted by Gasteiger charge is 2.37. The average Bonchev–Trinajstić information content (AvgIpc) is 3.60. The highest BCUT2D eigenvalue weighted by Crippen LogP contribution is 2.40. The van der Waals surface area contributed by atoms with E-state index in [-0.39, 0.29) is 17.7 Å². The van der Waals surface area contributed by atoms with Crippen molar-refractivity contribution >= 4 is 63.4 Å². The van der Waals surface area contributed by atoms with E-state index in [1.807, 2.05) is 87.0 Å². The Kier molecular flexibility index (Phi) is 11.2. The van der Waals surface area contributed by atoms with Gasteiger partial charge in [-0.15, -0.1) is 0 Å². The average molecular weight is 897 g/mol. The number of nitrogens with one attached hydrogen (secondary N) is 2. The zero-order valence-corrected chi connectivity index (χ0v) is 38.2. The lowest BCUT2D eigenvalue weighted by Gasteiger charge is -2.49. The Morgan fingerprint density at radius 3 is 2.48 bits per heavy atom. The second-order valence-electron chi connectivity index (χ2n) is 18.9. The molecule has 18 nitrogen and oxygen atoms in total. The zero-order chi connectivity index (χ0) is 45.9. The standard InChI is InChI=1S/C48H56N12O6/c1-29-39(25-49-45-43(29)60(20-21-65-45)47(64)66-48(2,3)4)58-15-14-31-24-50-46(52-37(31)28-58)51-32-8-6-30(7-9-32)22-41(62)57-18-16-56(17-19-57)34-26-59(27-34)33-10-11-35-38(23-33)55(5)54-42(35)36-12-13-40(61)53-44(36)63/h6-11,23-25,34,36H,12-22,26-28H2,1-5H3,(H,50,51,52)(H,53,61,63). The molecule has 0 aliphatic carbocycles. The van der Waals surface area contributed by atoms with E-state index in [4.69, 9.17) is 19.6 Å². The van der Waals surface area contributed by atoms with Gasteiger partial charge in [-0.05, 0) is 82.0 Å². The normalized spacial score (nSPS) is 19.2. The fraction of sp³-hybridized carbons (Fsp3) is 0.458. The molecule has 0 radical (unpaired) electrons. The Balaban J connectivity index is 0.702. The van der Waals surface area contributed by atoms with Gasteiger partial charge in [0.25, 0.3) is 0 Å². The summed E-state index contributed by atoms with van der Waals surface area (Å²) in [5.74, 6) is 0.121. The van der Waals surface area contributed by atoms with Crippen molar-refractivity contribution in [3.8, 4) is 5.88 Å². The topological polar surface area (TPSA) is 183 Å². The summed E-state index contributed by atoms with van der Waals surface area (Å²) < 4.78 is 13.4. The van der Waals surface area contributed by atoms with Crippen molar-refractivity contribution in [1.82, 2.24) is 39.8 Å². The third-order valence-electron chi connectivity index (χ3n) is 13.4. The lowest BCUT2D eigenvalue weighted by atomic mass is 9.92. The molecule has 0 saturated carbocycles. The van der Waals surface area contributed by atoms with Crippen molar-refractivity contribution in [3.05, 3.63) is 82.9 Å². The van der Waals surface area contributed by atoms with Gasteiger partial charge in [-0.25, -0.2) is 19.7 Å². The van der Waals surface area contributed by atoms with Crippen LogP contribution in [0.2, 0.25) is 0 Å². The van der Waals surface area contributed by atoms with Crippen molar-refractivity contribution in [3.63, 3.8) is 0 Å². The van der Waals surface area contributed by atoms with Crippen molar-refractivity contribution in [1.29, 1.82) is 0 Å². The summed E-state index contributed by atoms with van der Waals surface area (Å²) in [4.78, 5) is 75.7. The fourth-order valence-corrected chi connectivity index (χ4v) is 9.75. The van der Waals surface area contributed by atoms with Crippen LogP contribution in [0.1, 0.15) is 67.6 Å². The van der Waals surface area contributed by atoms with Crippen molar-refractivity contribution < 1.29 is 28.7 Å². The van der Waals surface area contributed by atoms with Crippen LogP contribution >= 0.6 is 0 Å². The summed E-state index contributed by atoms with van der Waals surface area (Å²) in [6.45, 7) is 14.5. The molecule has 4 amide bonds.